The van der Waals surface area contributed by atoms with Crippen LogP contribution in [0.5, 0.6) is 0 Å². The van der Waals surface area contributed by atoms with Crippen LogP contribution < -0.4 is 5.32 Å². The van der Waals surface area contributed by atoms with Gasteiger partial charge in [-0.15, -0.1) is 10.2 Å². The van der Waals surface area contributed by atoms with Crippen molar-refractivity contribution < 1.29 is 14.0 Å². The third-order valence-corrected chi connectivity index (χ3v) is 5.85. The Kier molecular flexibility index (Phi) is 5.10. The normalized spacial score (nSPS) is 19.0. The molecule has 1 fully saturated rings. The molecule has 10 heteroatoms. The Balaban J connectivity index is 1.59. The van der Waals surface area contributed by atoms with Crippen LogP contribution in [0.2, 0.25) is 10.0 Å². The van der Waals surface area contributed by atoms with E-state index < -0.39 is 17.5 Å². The Morgan fingerprint density at radius 1 is 1.17 bits per heavy atom. The molecular formula is C19H13BrCl2N4O3. The number of aromatic nitrogens is 2. The molecule has 2 heterocycles. The fourth-order valence-electron chi connectivity index (χ4n) is 3.11. The number of hydrogen-bond donors (Lipinski definition) is 1. The number of benzene rings is 2. The van der Waals surface area contributed by atoms with E-state index in [1.165, 1.54) is 0 Å². The monoisotopic (exact) mass is 494 g/mol. The molecule has 0 aliphatic carbocycles. The van der Waals surface area contributed by atoms with Crippen LogP contribution in [0.4, 0.5) is 4.79 Å². The summed E-state index contributed by atoms with van der Waals surface area (Å²) in [5.74, 6) is -0.146. The summed E-state index contributed by atoms with van der Waals surface area (Å²) in [6.45, 7) is 1.49. The number of urea groups is 1. The molecule has 3 aromatic rings. The lowest BCUT2D eigenvalue weighted by Crippen LogP contribution is -2.41. The molecule has 2 aromatic carbocycles. The van der Waals surface area contributed by atoms with Crippen LogP contribution in [0.1, 0.15) is 18.4 Å². The lowest BCUT2D eigenvalue weighted by Gasteiger charge is -2.23. The summed E-state index contributed by atoms with van der Waals surface area (Å²) < 4.78 is 6.33. The van der Waals surface area contributed by atoms with Gasteiger partial charge in [-0.05, 0) is 31.2 Å². The van der Waals surface area contributed by atoms with Gasteiger partial charge in [-0.1, -0.05) is 57.3 Å². The minimum atomic E-state index is -1.21. The molecular weight excluding hydrogens is 483 g/mol. The summed E-state index contributed by atoms with van der Waals surface area (Å²) >= 11 is 15.5. The molecule has 0 saturated carbocycles. The van der Waals surface area contributed by atoms with Gasteiger partial charge in [0.15, 0.2) is 0 Å². The van der Waals surface area contributed by atoms with Gasteiger partial charge >= 0.3 is 6.03 Å². The van der Waals surface area contributed by atoms with Gasteiger partial charge in [-0.3, -0.25) is 9.69 Å². The lowest BCUT2D eigenvalue weighted by molar-refractivity contribution is -0.131. The van der Waals surface area contributed by atoms with Gasteiger partial charge in [0.1, 0.15) is 12.1 Å². The molecule has 1 aromatic heterocycles. The number of nitrogens with one attached hydrogen (secondary N) is 1. The smallest absolute Gasteiger partial charge is 0.325 e. The van der Waals surface area contributed by atoms with Gasteiger partial charge in [-0.25, -0.2) is 4.79 Å². The molecule has 0 spiro atoms. The highest BCUT2D eigenvalue weighted by atomic mass is 79.9. The van der Waals surface area contributed by atoms with Crippen LogP contribution >= 0.6 is 39.1 Å². The second-order valence-electron chi connectivity index (χ2n) is 6.55. The van der Waals surface area contributed by atoms with Crippen LogP contribution in [0.3, 0.4) is 0 Å². The molecule has 1 aliphatic rings. The van der Waals surface area contributed by atoms with E-state index in [0.29, 0.717) is 21.2 Å². The first-order valence-electron chi connectivity index (χ1n) is 8.46. The van der Waals surface area contributed by atoms with E-state index in [1.54, 1.807) is 37.3 Å². The number of imide groups is 1. The molecule has 0 radical (unpaired) electrons. The summed E-state index contributed by atoms with van der Waals surface area (Å²) in [6.07, 6.45) is 0. The first-order valence-corrected chi connectivity index (χ1v) is 10.0. The van der Waals surface area contributed by atoms with Crippen molar-refractivity contribution in [3.8, 4) is 11.5 Å². The van der Waals surface area contributed by atoms with Gasteiger partial charge in [0.05, 0.1) is 10.6 Å². The number of rotatable bonds is 4. The first kappa shape index (κ1) is 19.9. The van der Waals surface area contributed by atoms with Gasteiger partial charge < -0.3 is 9.73 Å². The Hall–Kier alpha value is -2.42. The van der Waals surface area contributed by atoms with E-state index in [2.05, 4.69) is 31.4 Å². The molecule has 1 unspecified atom stereocenters. The molecule has 1 N–H and O–H groups in total. The van der Waals surface area contributed by atoms with Crippen molar-refractivity contribution in [2.24, 2.45) is 0 Å². The average molecular weight is 496 g/mol. The highest BCUT2D eigenvalue weighted by Crippen LogP contribution is 2.34. The van der Waals surface area contributed by atoms with E-state index >= 15 is 0 Å². The highest BCUT2D eigenvalue weighted by molar-refractivity contribution is 9.10. The zero-order valence-corrected chi connectivity index (χ0v) is 18.0. The Labute approximate surface area is 184 Å². The van der Waals surface area contributed by atoms with Crippen LogP contribution in [0.25, 0.3) is 11.5 Å². The maximum absolute atomic E-state index is 13.1. The van der Waals surface area contributed by atoms with Crippen molar-refractivity contribution in [3.05, 3.63) is 68.4 Å². The summed E-state index contributed by atoms with van der Waals surface area (Å²) in [4.78, 5) is 26.6. The molecule has 148 valence electrons. The maximum atomic E-state index is 13.1. The fraction of sp³-hybridized carbons (Fsp3) is 0.158. The van der Waals surface area contributed by atoms with Crippen molar-refractivity contribution in [1.82, 2.24) is 20.4 Å². The van der Waals surface area contributed by atoms with E-state index in [4.69, 9.17) is 27.6 Å². The van der Waals surface area contributed by atoms with Crippen LogP contribution in [-0.4, -0.2) is 27.0 Å². The molecule has 1 saturated heterocycles. The Morgan fingerprint density at radius 2 is 1.93 bits per heavy atom. The van der Waals surface area contributed by atoms with Gasteiger partial charge in [0, 0.05) is 15.1 Å². The zero-order valence-electron chi connectivity index (χ0n) is 14.9. The van der Waals surface area contributed by atoms with Crippen molar-refractivity contribution in [1.29, 1.82) is 0 Å². The first-order chi connectivity index (χ1) is 13.8. The topological polar surface area (TPSA) is 88.3 Å². The third kappa shape index (κ3) is 3.52. The SMILES string of the molecule is CC1(c2ccccc2Br)NC(=O)N(Cc2nnc(-c3ccc(Cl)cc3Cl)o2)C1=O. The zero-order chi connectivity index (χ0) is 20.8. The minimum Gasteiger partial charge on any atom is -0.419 e. The molecule has 7 nitrogen and oxygen atoms in total. The second-order valence-corrected chi connectivity index (χ2v) is 8.25. The number of halogens is 3. The molecule has 1 aliphatic heterocycles. The largest absolute Gasteiger partial charge is 0.419 e. The molecule has 3 amide bonds. The van der Waals surface area contributed by atoms with E-state index in [9.17, 15) is 9.59 Å². The van der Waals surface area contributed by atoms with Crippen molar-refractivity contribution in [3.63, 3.8) is 0 Å². The predicted octanol–water partition coefficient (Wildman–Crippen LogP) is 4.77. The number of carbonyl (C=O) groups excluding carboxylic acids is 2. The lowest BCUT2D eigenvalue weighted by atomic mass is 9.92. The fourth-order valence-corrected chi connectivity index (χ4v) is 4.28. The summed E-state index contributed by atoms with van der Waals surface area (Å²) in [7, 11) is 0. The van der Waals surface area contributed by atoms with Crippen molar-refractivity contribution >= 4 is 51.1 Å². The quantitative estimate of drug-likeness (QED) is 0.526. The maximum Gasteiger partial charge on any atom is 0.325 e. The van der Waals surface area contributed by atoms with Crippen LogP contribution in [0.15, 0.2) is 51.4 Å². The standard InChI is InChI=1S/C19H13BrCl2N4O3/c1-19(12-4-2-3-5-13(12)20)17(27)26(18(28)23-19)9-15-24-25-16(29-15)11-7-6-10(21)8-14(11)22/h2-8H,9H2,1H3,(H,23,28). The molecule has 4 rings (SSSR count). The molecule has 1 atom stereocenters. The van der Waals surface area contributed by atoms with Crippen molar-refractivity contribution in [2.45, 2.75) is 19.0 Å². The van der Waals surface area contributed by atoms with Gasteiger partial charge in [0.25, 0.3) is 5.91 Å². The Morgan fingerprint density at radius 3 is 2.66 bits per heavy atom. The predicted molar refractivity (Wildman–Crippen MR) is 110 cm³/mol. The molecule has 29 heavy (non-hydrogen) atoms. The van der Waals surface area contributed by atoms with Crippen LogP contribution in [-0.2, 0) is 16.9 Å². The summed E-state index contributed by atoms with van der Waals surface area (Å²) in [6, 6.07) is 11.5. The number of amides is 3. The number of hydrogen-bond acceptors (Lipinski definition) is 5. The number of nitrogens with zero attached hydrogens (tertiary/aromatic N) is 3. The van der Waals surface area contributed by atoms with Gasteiger partial charge in [-0.2, -0.15) is 0 Å². The van der Waals surface area contributed by atoms with Crippen LogP contribution in [0, 0.1) is 0 Å². The Bertz CT molecular complexity index is 1140. The average Bonchev–Trinajstić information content (AvgIpc) is 3.21. The van der Waals surface area contributed by atoms with E-state index in [-0.39, 0.29) is 18.3 Å². The van der Waals surface area contributed by atoms with E-state index in [0.717, 1.165) is 9.37 Å². The van der Waals surface area contributed by atoms with Gasteiger partial charge in [0.2, 0.25) is 11.8 Å². The summed E-state index contributed by atoms with van der Waals surface area (Å²) in [5, 5.41) is 11.5. The third-order valence-electron chi connectivity index (χ3n) is 4.61. The van der Waals surface area contributed by atoms with E-state index in [1.807, 2.05) is 12.1 Å². The minimum absolute atomic E-state index is 0.103. The summed E-state index contributed by atoms with van der Waals surface area (Å²) in [5.41, 5.74) is -0.0513. The van der Waals surface area contributed by atoms with Crippen molar-refractivity contribution in [2.75, 3.05) is 0 Å². The highest BCUT2D eigenvalue weighted by Gasteiger charge is 2.50. The number of carbonyl (C=O) groups is 2. The molecule has 0 bridgehead atoms. The second kappa shape index (κ2) is 7.44.